The topological polar surface area (TPSA) is 36.9 Å². The fraction of sp³-hybridized carbons (Fsp3) is 0.308. The molecule has 0 aromatic heterocycles. The maximum absolute atomic E-state index is 5.65. The molecule has 0 saturated carbocycles. The van der Waals surface area contributed by atoms with Gasteiger partial charge < -0.3 is 4.74 Å². The lowest BCUT2D eigenvalue weighted by Gasteiger charge is -2.27. The summed E-state index contributed by atoms with van der Waals surface area (Å²) in [5, 5.41) is 1.91. The molecule has 4 nitrogen and oxygen atoms in total. The molecule has 1 aromatic carbocycles. The lowest BCUT2D eigenvalue weighted by Crippen LogP contribution is -2.41. The van der Waals surface area contributed by atoms with Gasteiger partial charge in [-0.1, -0.05) is 18.2 Å². The second-order valence-electron chi connectivity index (χ2n) is 4.17. The quantitative estimate of drug-likeness (QED) is 0.843. The van der Waals surface area contributed by atoms with E-state index in [1.54, 1.807) is 6.34 Å². The first kappa shape index (κ1) is 10.4. The van der Waals surface area contributed by atoms with E-state index < -0.39 is 0 Å². The number of aliphatic imine (C=N–C) groups is 1. The number of hydrogen-bond donors (Lipinski definition) is 1. The van der Waals surface area contributed by atoms with Crippen LogP contribution < -0.4 is 10.4 Å². The van der Waals surface area contributed by atoms with Crippen LogP contribution in [0.3, 0.4) is 0 Å². The maximum atomic E-state index is 5.65. The van der Waals surface area contributed by atoms with Gasteiger partial charge in [0.25, 0.3) is 0 Å². The summed E-state index contributed by atoms with van der Waals surface area (Å²) >= 11 is 0. The van der Waals surface area contributed by atoms with Gasteiger partial charge in [-0.3, -0.25) is 5.43 Å². The molecule has 0 aliphatic carbocycles. The van der Waals surface area contributed by atoms with Crippen LogP contribution in [0.4, 0.5) is 5.69 Å². The van der Waals surface area contributed by atoms with Crippen LogP contribution in [0.25, 0.3) is 0 Å². The van der Waals surface area contributed by atoms with Crippen molar-refractivity contribution in [1.29, 1.82) is 0 Å². The van der Waals surface area contributed by atoms with Crippen molar-refractivity contribution >= 4 is 12.0 Å². The van der Waals surface area contributed by atoms with Crippen LogP contribution >= 0.6 is 0 Å². The molecule has 0 spiro atoms. The molecule has 2 aliphatic rings. The van der Waals surface area contributed by atoms with Crippen molar-refractivity contribution in [2.24, 2.45) is 4.99 Å². The van der Waals surface area contributed by atoms with Crippen molar-refractivity contribution < 1.29 is 4.74 Å². The maximum Gasteiger partial charge on any atom is 0.115 e. The number of anilines is 1. The molecule has 4 heteroatoms. The molecule has 1 aromatic rings. The minimum atomic E-state index is 0.165. The van der Waals surface area contributed by atoms with Crippen molar-refractivity contribution in [3.63, 3.8) is 0 Å². The third-order valence-electron chi connectivity index (χ3n) is 2.96. The minimum absolute atomic E-state index is 0.165. The van der Waals surface area contributed by atoms with Crippen LogP contribution in [-0.2, 0) is 4.74 Å². The third kappa shape index (κ3) is 2.17. The first-order chi connectivity index (χ1) is 8.43. The second-order valence-corrected chi connectivity index (χ2v) is 4.17. The molecule has 0 amide bonds. The highest BCUT2D eigenvalue weighted by Crippen LogP contribution is 2.21. The summed E-state index contributed by atoms with van der Waals surface area (Å²) in [6.07, 6.45) is 5.97. The highest BCUT2D eigenvalue weighted by molar-refractivity contribution is 5.79. The average Bonchev–Trinajstić information content (AvgIpc) is 2.94. The van der Waals surface area contributed by atoms with Gasteiger partial charge in [0.05, 0.1) is 17.6 Å². The van der Waals surface area contributed by atoms with Gasteiger partial charge in [-0.15, -0.1) is 0 Å². The van der Waals surface area contributed by atoms with Crippen molar-refractivity contribution in [3.05, 3.63) is 42.2 Å². The fourth-order valence-corrected chi connectivity index (χ4v) is 2.07. The predicted octanol–water partition coefficient (Wildman–Crippen LogP) is 2.06. The van der Waals surface area contributed by atoms with Gasteiger partial charge in [-0.25, -0.2) is 10.0 Å². The Kier molecular flexibility index (Phi) is 2.80. The van der Waals surface area contributed by atoms with E-state index in [9.17, 15) is 0 Å². The molecule has 17 heavy (non-hydrogen) atoms. The summed E-state index contributed by atoms with van der Waals surface area (Å²) in [4.78, 5) is 4.26. The zero-order chi connectivity index (χ0) is 11.5. The van der Waals surface area contributed by atoms with Crippen molar-refractivity contribution in [2.75, 3.05) is 11.6 Å². The molecule has 0 radical (unpaired) electrons. The van der Waals surface area contributed by atoms with Gasteiger partial charge in [-0.05, 0) is 25.0 Å². The number of para-hydroxylation sites is 1. The van der Waals surface area contributed by atoms with E-state index in [1.165, 1.54) is 0 Å². The molecule has 1 N–H and O–H groups in total. The van der Waals surface area contributed by atoms with Gasteiger partial charge in [0.15, 0.2) is 0 Å². The summed E-state index contributed by atoms with van der Waals surface area (Å²) in [7, 11) is 0. The van der Waals surface area contributed by atoms with Gasteiger partial charge in [0, 0.05) is 6.61 Å². The molecule has 1 unspecified atom stereocenters. The van der Waals surface area contributed by atoms with Crippen LogP contribution in [0.1, 0.15) is 12.8 Å². The molecular formula is C13H15N3O. The molecular weight excluding hydrogens is 214 g/mol. The van der Waals surface area contributed by atoms with Gasteiger partial charge >= 0.3 is 0 Å². The molecule has 1 saturated heterocycles. The highest BCUT2D eigenvalue weighted by atomic mass is 16.5. The molecule has 1 fully saturated rings. The molecule has 1 atom stereocenters. The first-order valence-electron chi connectivity index (χ1n) is 5.89. The van der Waals surface area contributed by atoms with Crippen LogP contribution in [0, 0.1) is 0 Å². The summed E-state index contributed by atoms with van der Waals surface area (Å²) in [5.74, 6) is 0. The van der Waals surface area contributed by atoms with E-state index in [4.69, 9.17) is 4.74 Å². The van der Waals surface area contributed by atoms with Crippen molar-refractivity contribution in [2.45, 2.75) is 18.9 Å². The molecule has 0 bridgehead atoms. The zero-order valence-electron chi connectivity index (χ0n) is 9.54. The third-order valence-corrected chi connectivity index (χ3v) is 2.96. The predicted molar refractivity (Wildman–Crippen MR) is 67.6 cm³/mol. The smallest absolute Gasteiger partial charge is 0.115 e. The first-order valence-corrected chi connectivity index (χ1v) is 5.89. The largest absolute Gasteiger partial charge is 0.372 e. The standard InChI is InChI=1S/C13H15N3O/c1-2-5-11(6-3-1)16-10-14-9-12(15-16)13-7-4-8-17-13/h1-3,5-6,9-10,13,15H,4,7-8H2. The normalized spacial score (nSPS) is 23.4. The van der Waals surface area contributed by atoms with Crippen LogP contribution in [0.2, 0.25) is 0 Å². The number of hydrazine groups is 1. The summed E-state index contributed by atoms with van der Waals surface area (Å²) in [6.45, 7) is 0.846. The molecule has 3 rings (SSSR count). The van der Waals surface area contributed by atoms with Crippen LogP contribution in [-0.4, -0.2) is 19.0 Å². The van der Waals surface area contributed by atoms with E-state index in [-0.39, 0.29) is 6.10 Å². The Balaban J connectivity index is 1.75. The van der Waals surface area contributed by atoms with Crippen molar-refractivity contribution in [3.8, 4) is 0 Å². The Morgan fingerprint density at radius 3 is 2.94 bits per heavy atom. The lowest BCUT2D eigenvalue weighted by molar-refractivity contribution is 0.131. The Bertz CT molecular complexity index is 435. The SMILES string of the molecule is C1=NC=C(C2CCCO2)NN1c1ccccc1. The summed E-state index contributed by atoms with van der Waals surface area (Å²) in [6, 6.07) is 10.1. The Labute approximate surface area is 101 Å². The molecule has 2 aliphatic heterocycles. The summed E-state index contributed by atoms with van der Waals surface area (Å²) < 4.78 is 5.65. The monoisotopic (exact) mass is 229 g/mol. The molecule has 2 heterocycles. The minimum Gasteiger partial charge on any atom is -0.372 e. The van der Waals surface area contributed by atoms with E-state index in [0.29, 0.717) is 0 Å². The number of ether oxygens (including phenoxy) is 1. The van der Waals surface area contributed by atoms with Gasteiger partial charge in [-0.2, -0.15) is 0 Å². The number of rotatable bonds is 2. The van der Waals surface area contributed by atoms with E-state index in [0.717, 1.165) is 30.8 Å². The van der Waals surface area contributed by atoms with Gasteiger partial charge in [0.1, 0.15) is 12.4 Å². The average molecular weight is 229 g/mol. The zero-order valence-corrected chi connectivity index (χ0v) is 9.54. The Hall–Kier alpha value is -1.81. The number of nitrogens with one attached hydrogen (secondary N) is 1. The molecule has 88 valence electrons. The second kappa shape index (κ2) is 4.59. The summed E-state index contributed by atoms with van der Waals surface area (Å²) in [5.41, 5.74) is 5.44. The fourth-order valence-electron chi connectivity index (χ4n) is 2.07. The highest BCUT2D eigenvalue weighted by Gasteiger charge is 2.22. The number of benzene rings is 1. The Morgan fingerprint density at radius 2 is 2.18 bits per heavy atom. The van der Waals surface area contributed by atoms with E-state index >= 15 is 0 Å². The van der Waals surface area contributed by atoms with Crippen molar-refractivity contribution in [1.82, 2.24) is 5.43 Å². The number of nitrogens with zero attached hydrogens (tertiary/aromatic N) is 2. The lowest BCUT2D eigenvalue weighted by atomic mass is 10.2. The van der Waals surface area contributed by atoms with E-state index in [1.807, 2.05) is 41.5 Å². The van der Waals surface area contributed by atoms with Gasteiger partial charge in [0.2, 0.25) is 0 Å². The van der Waals surface area contributed by atoms with Crippen LogP contribution in [0.15, 0.2) is 47.2 Å². The van der Waals surface area contributed by atoms with Crippen LogP contribution in [0.5, 0.6) is 0 Å². The Morgan fingerprint density at radius 1 is 1.29 bits per heavy atom. The number of hydrogen-bond acceptors (Lipinski definition) is 4. The van der Waals surface area contributed by atoms with E-state index in [2.05, 4.69) is 10.4 Å².